The molecule has 434 valence electrons. The minimum absolute atomic E-state index is 0. The molecular weight excluding hydrogens is 1100 g/mol. The van der Waals surface area contributed by atoms with Crippen LogP contribution in [0.15, 0.2) is 176 Å². The first-order valence-corrected chi connectivity index (χ1v) is 30.2. The fourth-order valence-corrected chi connectivity index (χ4v) is 16.7. The fourth-order valence-electron chi connectivity index (χ4n) is 16.7. The van der Waals surface area contributed by atoms with E-state index in [1.165, 1.54) is 15.4 Å². The zero-order valence-electron chi connectivity index (χ0n) is 47.9. The summed E-state index contributed by atoms with van der Waals surface area (Å²) in [6.07, 6.45) is 3.75. The number of carbonyl (C=O) groups is 4. The highest BCUT2D eigenvalue weighted by Crippen LogP contribution is 2.56. The van der Waals surface area contributed by atoms with Crippen molar-refractivity contribution in [3.05, 3.63) is 215 Å². The number of nitrogens with one attached hydrogen (secondary N) is 1. The van der Waals surface area contributed by atoms with Crippen molar-refractivity contribution in [3.63, 3.8) is 0 Å². The van der Waals surface area contributed by atoms with Crippen LogP contribution in [-0.4, -0.2) is 78.0 Å². The molecule has 6 aliphatic rings. The van der Waals surface area contributed by atoms with Crippen molar-refractivity contribution in [3.8, 4) is 11.5 Å². The highest BCUT2D eigenvalue weighted by Gasteiger charge is 2.49. The van der Waals surface area contributed by atoms with Crippen LogP contribution in [0.5, 0.6) is 11.5 Å². The van der Waals surface area contributed by atoms with Gasteiger partial charge in [0.25, 0.3) is 23.6 Å². The molecule has 88 heavy (non-hydrogen) atoms. The van der Waals surface area contributed by atoms with Crippen LogP contribution in [0.1, 0.15) is 115 Å². The van der Waals surface area contributed by atoms with Crippen molar-refractivity contribution in [2.24, 2.45) is 5.73 Å². The molecule has 14 nitrogen and oxygen atoms in total. The van der Waals surface area contributed by atoms with Crippen LogP contribution in [0.3, 0.4) is 0 Å². The van der Waals surface area contributed by atoms with E-state index in [1.54, 1.807) is 14.2 Å². The number of hydrogen-bond acceptors (Lipinski definition) is 8. The van der Waals surface area contributed by atoms with Gasteiger partial charge in [-0.1, -0.05) is 135 Å². The number of imide groups is 2. The summed E-state index contributed by atoms with van der Waals surface area (Å²) in [6.45, 7) is 1.20. The lowest BCUT2D eigenvalue weighted by Gasteiger charge is -2.25. The molecule has 19 rings (SSSR count). The lowest BCUT2D eigenvalue weighted by Crippen LogP contribution is -2.34. The van der Waals surface area contributed by atoms with Gasteiger partial charge in [-0.2, -0.15) is 0 Å². The van der Waals surface area contributed by atoms with Gasteiger partial charge in [0.1, 0.15) is 11.5 Å². The summed E-state index contributed by atoms with van der Waals surface area (Å²) in [4.78, 5) is 60.8. The highest BCUT2D eigenvalue weighted by atomic mass is 16.5. The van der Waals surface area contributed by atoms with Crippen LogP contribution >= 0.6 is 0 Å². The smallest absolute Gasteiger partial charge is 0.262 e. The number of methoxy groups -OCH3 is 2. The SMILES string of the molecule is C.COc1ccc(CN2C(=O)c3c(c4c5ccccc5n5c4c4c3c3ccccc3n4C3CC5[C@@H](N)C3)C2=O)cc1.COc1ccc(CN2C(=O)c3c(c4c5ccccc5n5c4c4c3c3ccccc3n4C3CC5[C@@H](NCc4ccccc4)C3)C2=O)cc1. The summed E-state index contributed by atoms with van der Waals surface area (Å²) < 4.78 is 20.5. The molecule has 4 aromatic heterocycles. The molecule has 9 aromatic carbocycles. The minimum atomic E-state index is -0.240. The Kier molecular flexibility index (Phi) is 11.4. The number of benzene rings is 9. The molecule has 0 radical (unpaired) electrons. The standard InChI is InChI=1S/C40H32N4O3.C33H26N4O3.CH4/c1-47-26-17-15-24(16-18-26)22-42-39(45)35-33-27-11-5-7-13-30(27)43-25-19-29(41-21-23-9-3-2-4-10-23)32(20-25)44-31-14-8-6-12-28(31)34(36(35)40(42)46)38(44)37(33)43;1-40-19-12-10-17(11-13-19)16-35-32(38)28-26-20-6-2-4-8-23(20)36-18-14-22(34)25(15-18)37-24-9-5-3-7-21(24)27(29(28)33(35)39)31(37)30(26)36;/h2-18,25,29,32,41H,19-22H2,1H3;2-13,18,22,25H,14-16,34H2,1H3;1H4/t25?,29-,32?;18?,22-,25?;/m00./s1. The first-order chi connectivity index (χ1) is 42.7. The van der Waals surface area contributed by atoms with Gasteiger partial charge in [0.2, 0.25) is 0 Å². The quantitative estimate of drug-likeness (QED) is 0.136. The maximum Gasteiger partial charge on any atom is 0.262 e. The van der Waals surface area contributed by atoms with E-state index in [-0.39, 0.29) is 80.4 Å². The van der Waals surface area contributed by atoms with E-state index >= 15 is 0 Å². The predicted molar refractivity (Wildman–Crippen MR) is 346 cm³/mol. The Bertz CT molecular complexity index is 5190. The maximum absolute atomic E-state index is 14.6. The number of para-hydroxylation sites is 4. The van der Waals surface area contributed by atoms with Gasteiger partial charge in [0.05, 0.1) is 83.7 Å². The van der Waals surface area contributed by atoms with E-state index in [1.807, 2.05) is 78.9 Å². The van der Waals surface area contributed by atoms with Gasteiger partial charge in [-0.05, 0) is 90.9 Å². The average molecular weight is 1160 g/mol. The summed E-state index contributed by atoms with van der Waals surface area (Å²) in [7, 11) is 3.25. The molecule has 4 amide bonds. The number of amides is 4. The van der Waals surface area contributed by atoms with Gasteiger partial charge < -0.3 is 38.8 Å². The van der Waals surface area contributed by atoms with Crippen LogP contribution in [-0.2, 0) is 19.6 Å². The maximum atomic E-state index is 14.6. The number of hydrogen-bond donors (Lipinski definition) is 2. The molecule has 0 spiro atoms. The van der Waals surface area contributed by atoms with Crippen molar-refractivity contribution in [1.82, 2.24) is 33.4 Å². The van der Waals surface area contributed by atoms with E-state index in [2.05, 4.69) is 121 Å². The normalized spacial score (nSPS) is 20.4. The summed E-state index contributed by atoms with van der Waals surface area (Å²) >= 11 is 0. The Morgan fingerprint density at radius 1 is 0.409 bits per heavy atom. The first kappa shape index (κ1) is 52.3. The second kappa shape index (κ2) is 19.2. The zero-order valence-corrected chi connectivity index (χ0v) is 47.9. The second-order valence-corrected chi connectivity index (χ2v) is 24.6. The fraction of sp³-hybridized carbons (Fsp3) is 0.216. The summed E-state index contributed by atoms with van der Waals surface area (Å²) in [5.41, 5.74) is 20.6. The molecule has 4 bridgehead atoms. The summed E-state index contributed by atoms with van der Waals surface area (Å²) in [5.74, 6) is 0.549. The van der Waals surface area contributed by atoms with Gasteiger partial charge in [-0.3, -0.25) is 29.0 Å². The Morgan fingerprint density at radius 3 is 1.18 bits per heavy atom. The number of ether oxygens (including phenoxy) is 2. The predicted octanol–water partition coefficient (Wildman–Crippen LogP) is 14.3. The van der Waals surface area contributed by atoms with Crippen LogP contribution < -0.4 is 20.5 Å². The molecule has 4 unspecified atom stereocenters. The molecule has 4 aliphatic heterocycles. The van der Waals surface area contributed by atoms with Gasteiger partial charge in [0, 0.05) is 95.9 Å². The van der Waals surface area contributed by atoms with Gasteiger partial charge in [-0.15, -0.1) is 0 Å². The third kappa shape index (κ3) is 7.00. The lowest BCUT2D eigenvalue weighted by molar-refractivity contribution is 0.0628. The van der Waals surface area contributed by atoms with Crippen LogP contribution in [0, 0.1) is 0 Å². The number of aromatic nitrogens is 4. The largest absolute Gasteiger partial charge is 0.497 e. The highest BCUT2D eigenvalue weighted by molar-refractivity contribution is 6.41. The Balaban J connectivity index is 0.000000137. The minimum Gasteiger partial charge on any atom is -0.497 e. The van der Waals surface area contributed by atoms with Crippen LogP contribution in [0.25, 0.3) is 87.2 Å². The topological polar surface area (TPSA) is 151 Å². The molecule has 14 heteroatoms. The molecule has 2 saturated carbocycles. The first-order valence-electron chi connectivity index (χ1n) is 30.2. The Morgan fingerprint density at radius 2 is 0.761 bits per heavy atom. The molecule has 8 heterocycles. The van der Waals surface area contributed by atoms with E-state index < -0.39 is 0 Å². The van der Waals surface area contributed by atoms with Crippen molar-refractivity contribution in [2.75, 3.05) is 14.2 Å². The number of fused-ring (bicyclic) bond motifs is 26. The second-order valence-electron chi connectivity index (χ2n) is 24.6. The van der Waals surface area contributed by atoms with Crippen molar-refractivity contribution < 1.29 is 28.7 Å². The van der Waals surface area contributed by atoms with Crippen LogP contribution in [0.4, 0.5) is 0 Å². The van der Waals surface area contributed by atoms with Gasteiger partial charge in [0.15, 0.2) is 0 Å². The number of nitrogens with two attached hydrogens (primary N) is 1. The van der Waals surface area contributed by atoms with Crippen molar-refractivity contribution >= 4 is 111 Å². The molecule has 13 aromatic rings. The lowest BCUT2D eigenvalue weighted by atomic mass is 9.96. The Labute approximate surface area is 505 Å². The van der Waals surface area contributed by atoms with Crippen molar-refractivity contribution in [2.45, 2.75) is 89.0 Å². The summed E-state index contributed by atoms with van der Waals surface area (Å²) in [5, 5.41) is 11.6. The van der Waals surface area contributed by atoms with Gasteiger partial charge >= 0.3 is 0 Å². The number of nitrogens with zero attached hydrogens (tertiary/aromatic N) is 6. The summed E-state index contributed by atoms with van der Waals surface area (Å²) in [6, 6.07) is 60.2. The van der Waals surface area contributed by atoms with Crippen LogP contribution in [0.2, 0.25) is 0 Å². The molecule has 2 fully saturated rings. The van der Waals surface area contributed by atoms with E-state index in [4.69, 9.17) is 15.2 Å². The number of carbonyl (C=O) groups excluding carboxylic acids is 4. The van der Waals surface area contributed by atoms with E-state index in [9.17, 15) is 19.2 Å². The van der Waals surface area contributed by atoms with E-state index in [0.29, 0.717) is 22.3 Å². The van der Waals surface area contributed by atoms with Crippen molar-refractivity contribution in [1.29, 1.82) is 0 Å². The van der Waals surface area contributed by atoms with E-state index in [0.717, 1.165) is 142 Å². The Hall–Kier alpha value is -10.0. The molecule has 2 aliphatic carbocycles. The molecule has 0 saturated heterocycles. The molecule has 6 atom stereocenters. The number of rotatable bonds is 9. The average Bonchev–Trinajstić information content (AvgIpc) is 1.85. The third-order valence-corrected chi connectivity index (χ3v) is 20.3. The zero-order chi connectivity index (χ0) is 58.2. The molecular formula is C74H62N8O6. The monoisotopic (exact) mass is 1160 g/mol. The third-order valence-electron chi connectivity index (χ3n) is 20.3. The van der Waals surface area contributed by atoms with Gasteiger partial charge in [-0.25, -0.2) is 0 Å². The molecule has 3 N–H and O–H groups in total.